The quantitative estimate of drug-likeness (QED) is 0.705. The molecule has 17 heavy (non-hydrogen) atoms. The first-order valence-electron chi connectivity index (χ1n) is 5.68. The van der Waals surface area contributed by atoms with E-state index in [1.54, 1.807) is 7.11 Å². The number of rotatable bonds is 6. The van der Waals surface area contributed by atoms with Gasteiger partial charge in [-0.05, 0) is 43.8 Å². The zero-order chi connectivity index (χ0) is 12.8. The van der Waals surface area contributed by atoms with Crippen LogP contribution in [0.4, 0.5) is 0 Å². The number of alkyl halides is 1. The molecule has 0 saturated carbocycles. The molecule has 0 radical (unpaired) electrons. The van der Waals surface area contributed by atoms with Gasteiger partial charge >= 0.3 is 0 Å². The van der Waals surface area contributed by atoms with E-state index in [4.69, 9.17) is 4.74 Å². The fourth-order valence-corrected chi connectivity index (χ4v) is 2.14. The third-order valence-electron chi connectivity index (χ3n) is 2.60. The molecule has 1 rings (SSSR count). The Balaban J connectivity index is 2.60. The molecule has 0 saturated heterocycles. The Hall–Kier alpha value is -0.0600. The maximum Gasteiger partial charge on any atom is 0.119 e. The van der Waals surface area contributed by atoms with Crippen molar-refractivity contribution in [3.05, 3.63) is 28.2 Å². The fourth-order valence-electron chi connectivity index (χ4n) is 1.57. The van der Waals surface area contributed by atoms with Gasteiger partial charge in [-0.3, -0.25) is 0 Å². The molecule has 2 nitrogen and oxygen atoms in total. The van der Waals surface area contributed by atoms with E-state index in [2.05, 4.69) is 56.8 Å². The molecule has 0 amide bonds. The van der Waals surface area contributed by atoms with Crippen LogP contribution in [0.1, 0.15) is 18.9 Å². The molecular formula is C13H19Br2NO. The Morgan fingerprint density at radius 2 is 2.12 bits per heavy atom. The highest BCUT2D eigenvalue weighted by Gasteiger charge is 2.07. The lowest BCUT2D eigenvalue weighted by Gasteiger charge is -2.18. The van der Waals surface area contributed by atoms with Crippen LogP contribution in [0.5, 0.6) is 5.75 Å². The van der Waals surface area contributed by atoms with Crippen LogP contribution in [-0.2, 0) is 6.54 Å². The van der Waals surface area contributed by atoms with Crippen molar-refractivity contribution in [3.8, 4) is 5.75 Å². The van der Waals surface area contributed by atoms with Gasteiger partial charge in [0.1, 0.15) is 5.75 Å². The van der Waals surface area contributed by atoms with Gasteiger partial charge in [0.15, 0.2) is 0 Å². The maximum atomic E-state index is 5.24. The van der Waals surface area contributed by atoms with Crippen LogP contribution in [0, 0.1) is 0 Å². The molecule has 0 heterocycles. The first-order valence-corrected chi connectivity index (χ1v) is 7.39. The van der Waals surface area contributed by atoms with Gasteiger partial charge in [-0.15, -0.1) is 0 Å². The highest BCUT2D eigenvalue weighted by atomic mass is 79.9. The van der Waals surface area contributed by atoms with Crippen molar-refractivity contribution in [2.45, 2.75) is 24.7 Å². The SMILES string of the molecule is COc1ccc(Br)c(CN(C)CCC(C)Br)c1. The molecule has 0 bridgehead atoms. The number of ether oxygens (including phenoxy) is 1. The second kappa shape index (κ2) is 7.39. The molecule has 1 aromatic carbocycles. The van der Waals surface area contributed by atoms with Crippen LogP contribution in [0.3, 0.4) is 0 Å². The zero-order valence-electron chi connectivity index (χ0n) is 10.5. The highest BCUT2D eigenvalue weighted by Crippen LogP contribution is 2.23. The molecule has 0 fully saturated rings. The van der Waals surface area contributed by atoms with Gasteiger partial charge in [0.25, 0.3) is 0 Å². The smallest absolute Gasteiger partial charge is 0.119 e. The lowest BCUT2D eigenvalue weighted by atomic mass is 10.2. The monoisotopic (exact) mass is 363 g/mol. The summed E-state index contributed by atoms with van der Waals surface area (Å²) in [5.74, 6) is 0.908. The summed E-state index contributed by atoms with van der Waals surface area (Å²) in [6, 6.07) is 6.08. The Bertz CT molecular complexity index is 355. The van der Waals surface area contributed by atoms with Gasteiger partial charge in [-0.1, -0.05) is 38.8 Å². The standard InChI is InChI=1S/C13H19Br2NO/c1-10(14)6-7-16(2)9-11-8-12(17-3)4-5-13(11)15/h4-5,8,10H,6-7,9H2,1-3H3. The Kier molecular flexibility index (Phi) is 6.52. The Labute approximate surface area is 121 Å². The summed E-state index contributed by atoms with van der Waals surface area (Å²) >= 11 is 7.15. The van der Waals surface area contributed by atoms with Crippen LogP contribution in [0.25, 0.3) is 0 Å². The molecule has 1 atom stereocenters. The lowest BCUT2D eigenvalue weighted by Crippen LogP contribution is -2.21. The van der Waals surface area contributed by atoms with Gasteiger partial charge in [-0.2, -0.15) is 0 Å². The van der Waals surface area contributed by atoms with Crippen molar-refractivity contribution in [1.82, 2.24) is 4.90 Å². The summed E-state index contributed by atoms with van der Waals surface area (Å²) in [6.07, 6.45) is 1.15. The number of halogens is 2. The highest BCUT2D eigenvalue weighted by molar-refractivity contribution is 9.10. The van der Waals surface area contributed by atoms with Crippen LogP contribution < -0.4 is 4.74 Å². The van der Waals surface area contributed by atoms with Crippen molar-refractivity contribution in [1.29, 1.82) is 0 Å². The summed E-state index contributed by atoms with van der Waals surface area (Å²) < 4.78 is 6.38. The number of methoxy groups -OCH3 is 1. The van der Waals surface area contributed by atoms with Crippen molar-refractivity contribution >= 4 is 31.9 Å². The first kappa shape index (κ1) is 15.0. The van der Waals surface area contributed by atoms with E-state index in [0.717, 1.165) is 29.7 Å². The molecule has 0 N–H and O–H groups in total. The van der Waals surface area contributed by atoms with Crippen molar-refractivity contribution in [3.63, 3.8) is 0 Å². The number of nitrogens with zero attached hydrogens (tertiary/aromatic N) is 1. The molecular weight excluding hydrogens is 346 g/mol. The Morgan fingerprint density at radius 3 is 2.71 bits per heavy atom. The summed E-state index contributed by atoms with van der Waals surface area (Å²) in [4.78, 5) is 2.89. The predicted octanol–water partition coefficient (Wildman–Crippen LogP) is 4.06. The molecule has 1 unspecified atom stereocenters. The van der Waals surface area contributed by atoms with Gasteiger partial charge < -0.3 is 9.64 Å². The van der Waals surface area contributed by atoms with Crippen LogP contribution in [0.15, 0.2) is 22.7 Å². The predicted molar refractivity (Wildman–Crippen MR) is 80.0 cm³/mol. The third-order valence-corrected chi connectivity index (χ3v) is 3.83. The topological polar surface area (TPSA) is 12.5 Å². The van der Waals surface area contributed by atoms with E-state index in [9.17, 15) is 0 Å². The largest absolute Gasteiger partial charge is 0.497 e. The van der Waals surface area contributed by atoms with E-state index in [-0.39, 0.29) is 0 Å². The Morgan fingerprint density at radius 1 is 1.41 bits per heavy atom. The summed E-state index contributed by atoms with van der Waals surface area (Å²) in [5.41, 5.74) is 1.26. The average molecular weight is 365 g/mol. The summed E-state index contributed by atoms with van der Waals surface area (Å²) in [7, 11) is 3.84. The van der Waals surface area contributed by atoms with Crippen LogP contribution in [-0.4, -0.2) is 30.4 Å². The molecule has 0 aromatic heterocycles. The first-order chi connectivity index (χ1) is 8.02. The van der Waals surface area contributed by atoms with Gasteiger partial charge in [0, 0.05) is 15.8 Å². The van der Waals surface area contributed by atoms with Gasteiger partial charge in [0.2, 0.25) is 0 Å². The number of hydrogen-bond acceptors (Lipinski definition) is 2. The van der Waals surface area contributed by atoms with Crippen molar-refractivity contribution in [2.75, 3.05) is 20.7 Å². The minimum atomic E-state index is 0.568. The van der Waals surface area contributed by atoms with Gasteiger partial charge in [-0.25, -0.2) is 0 Å². The third kappa shape index (κ3) is 5.40. The van der Waals surface area contributed by atoms with Crippen LogP contribution >= 0.6 is 31.9 Å². The molecule has 0 spiro atoms. The van der Waals surface area contributed by atoms with Crippen molar-refractivity contribution < 1.29 is 4.74 Å². The van der Waals surface area contributed by atoms with E-state index < -0.39 is 0 Å². The molecule has 0 aliphatic carbocycles. The van der Waals surface area contributed by atoms with Crippen molar-refractivity contribution in [2.24, 2.45) is 0 Å². The number of benzene rings is 1. The summed E-state index contributed by atoms with van der Waals surface area (Å²) in [5, 5.41) is 0. The molecule has 96 valence electrons. The van der Waals surface area contributed by atoms with E-state index in [1.807, 2.05) is 12.1 Å². The maximum absolute atomic E-state index is 5.24. The zero-order valence-corrected chi connectivity index (χ0v) is 13.7. The summed E-state index contributed by atoms with van der Waals surface area (Å²) in [6.45, 7) is 4.18. The van der Waals surface area contributed by atoms with Crippen LogP contribution in [0.2, 0.25) is 0 Å². The second-order valence-electron chi connectivity index (χ2n) is 4.26. The normalized spacial score (nSPS) is 12.8. The van der Waals surface area contributed by atoms with E-state index in [0.29, 0.717) is 4.83 Å². The van der Waals surface area contributed by atoms with E-state index >= 15 is 0 Å². The molecule has 4 heteroatoms. The minimum Gasteiger partial charge on any atom is -0.497 e. The number of hydrogen-bond donors (Lipinski definition) is 0. The molecule has 0 aliphatic heterocycles. The molecule has 1 aromatic rings. The van der Waals surface area contributed by atoms with Gasteiger partial charge in [0.05, 0.1) is 7.11 Å². The minimum absolute atomic E-state index is 0.568. The lowest BCUT2D eigenvalue weighted by molar-refractivity contribution is 0.321. The van der Waals surface area contributed by atoms with E-state index in [1.165, 1.54) is 5.56 Å². The molecule has 0 aliphatic rings. The average Bonchev–Trinajstić information content (AvgIpc) is 2.29. The second-order valence-corrected chi connectivity index (χ2v) is 6.68. The fraction of sp³-hybridized carbons (Fsp3) is 0.538.